The minimum atomic E-state index is -0.558. The lowest BCUT2D eigenvalue weighted by atomic mass is 10.2. The Morgan fingerprint density at radius 1 is 1.08 bits per heavy atom. The lowest BCUT2D eigenvalue weighted by Gasteiger charge is -2.11. The van der Waals surface area contributed by atoms with E-state index in [1.807, 2.05) is 37.3 Å². The molecule has 0 bridgehead atoms. The van der Waals surface area contributed by atoms with Crippen LogP contribution in [-0.2, 0) is 4.79 Å². The van der Waals surface area contributed by atoms with Gasteiger partial charge in [0.05, 0.1) is 6.61 Å². The molecular formula is C18H17N3O4. The Morgan fingerprint density at radius 3 is 2.60 bits per heavy atom. The number of benzene rings is 2. The first kappa shape index (κ1) is 16.5. The average molecular weight is 339 g/mol. The summed E-state index contributed by atoms with van der Waals surface area (Å²) in [5.41, 5.74) is 6.66. The van der Waals surface area contributed by atoms with Gasteiger partial charge in [0.25, 0.3) is 11.8 Å². The number of rotatable bonds is 7. The SMILES string of the molecule is CCOc1cc(-c2noc(-c3ccccc3)n2)ccc1OCC(N)=O. The second kappa shape index (κ2) is 7.48. The summed E-state index contributed by atoms with van der Waals surface area (Å²) in [5, 5.41) is 4.01. The molecule has 0 unspecified atom stereocenters. The van der Waals surface area contributed by atoms with E-state index in [1.165, 1.54) is 0 Å². The van der Waals surface area contributed by atoms with Crippen LogP contribution < -0.4 is 15.2 Å². The van der Waals surface area contributed by atoms with E-state index in [2.05, 4.69) is 10.1 Å². The highest BCUT2D eigenvalue weighted by Gasteiger charge is 2.14. The molecule has 0 aliphatic carbocycles. The Balaban J connectivity index is 1.88. The van der Waals surface area contributed by atoms with Crippen LogP contribution in [0.3, 0.4) is 0 Å². The molecule has 1 heterocycles. The van der Waals surface area contributed by atoms with Gasteiger partial charge in [0.2, 0.25) is 5.82 Å². The van der Waals surface area contributed by atoms with Gasteiger partial charge < -0.3 is 19.7 Å². The molecule has 0 atom stereocenters. The number of nitrogens with two attached hydrogens (primary N) is 1. The lowest BCUT2D eigenvalue weighted by molar-refractivity contribution is -0.119. The Morgan fingerprint density at radius 2 is 1.88 bits per heavy atom. The van der Waals surface area contributed by atoms with Crippen molar-refractivity contribution in [1.29, 1.82) is 0 Å². The van der Waals surface area contributed by atoms with Crippen molar-refractivity contribution in [3.8, 4) is 34.3 Å². The fourth-order valence-corrected chi connectivity index (χ4v) is 2.22. The minimum Gasteiger partial charge on any atom is -0.490 e. The van der Waals surface area contributed by atoms with Crippen LogP contribution in [0.4, 0.5) is 0 Å². The molecular weight excluding hydrogens is 322 g/mol. The van der Waals surface area contributed by atoms with Crippen LogP contribution in [0.1, 0.15) is 6.92 Å². The van der Waals surface area contributed by atoms with Crippen molar-refractivity contribution in [2.75, 3.05) is 13.2 Å². The maximum absolute atomic E-state index is 10.9. The van der Waals surface area contributed by atoms with Crippen LogP contribution in [0.25, 0.3) is 22.8 Å². The van der Waals surface area contributed by atoms with Crippen LogP contribution in [0.2, 0.25) is 0 Å². The minimum absolute atomic E-state index is 0.222. The van der Waals surface area contributed by atoms with Crippen LogP contribution >= 0.6 is 0 Å². The standard InChI is InChI=1S/C18H17N3O4/c1-2-23-15-10-13(8-9-14(15)24-11-16(19)22)17-20-18(25-21-17)12-6-4-3-5-7-12/h3-10H,2,11H2,1H3,(H2,19,22). The molecule has 1 amide bonds. The first-order chi connectivity index (χ1) is 12.2. The van der Waals surface area contributed by atoms with Gasteiger partial charge in [-0.05, 0) is 37.3 Å². The third-order valence-corrected chi connectivity index (χ3v) is 3.32. The molecule has 0 aliphatic rings. The smallest absolute Gasteiger partial charge is 0.258 e. The maximum Gasteiger partial charge on any atom is 0.258 e. The molecule has 128 valence electrons. The molecule has 3 rings (SSSR count). The molecule has 7 heteroatoms. The second-order valence-electron chi connectivity index (χ2n) is 5.14. The molecule has 0 aliphatic heterocycles. The van der Waals surface area contributed by atoms with Crippen molar-refractivity contribution in [3.05, 3.63) is 48.5 Å². The molecule has 0 radical (unpaired) electrons. The summed E-state index contributed by atoms with van der Waals surface area (Å²) in [6.07, 6.45) is 0. The quantitative estimate of drug-likeness (QED) is 0.710. The summed E-state index contributed by atoms with van der Waals surface area (Å²) in [6, 6.07) is 14.7. The zero-order valence-corrected chi connectivity index (χ0v) is 13.6. The topological polar surface area (TPSA) is 100 Å². The summed E-state index contributed by atoms with van der Waals surface area (Å²) in [4.78, 5) is 15.3. The average Bonchev–Trinajstić information content (AvgIpc) is 3.11. The van der Waals surface area contributed by atoms with Gasteiger partial charge in [0, 0.05) is 11.1 Å². The Kier molecular flexibility index (Phi) is 4.94. The van der Waals surface area contributed by atoms with E-state index in [0.717, 1.165) is 5.56 Å². The summed E-state index contributed by atoms with van der Waals surface area (Å²) in [7, 11) is 0. The van der Waals surface area contributed by atoms with Gasteiger partial charge in [0.15, 0.2) is 18.1 Å². The van der Waals surface area contributed by atoms with Crippen molar-refractivity contribution >= 4 is 5.91 Å². The van der Waals surface area contributed by atoms with Gasteiger partial charge in [-0.2, -0.15) is 4.98 Å². The fraction of sp³-hybridized carbons (Fsp3) is 0.167. The van der Waals surface area contributed by atoms with Crippen LogP contribution in [-0.4, -0.2) is 29.3 Å². The van der Waals surface area contributed by atoms with Gasteiger partial charge in [-0.15, -0.1) is 0 Å². The number of aromatic nitrogens is 2. The van der Waals surface area contributed by atoms with E-state index in [9.17, 15) is 4.79 Å². The van der Waals surface area contributed by atoms with Crippen molar-refractivity contribution < 1.29 is 18.8 Å². The first-order valence-corrected chi connectivity index (χ1v) is 7.75. The van der Waals surface area contributed by atoms with E-state index in [-0.39, 0.29) is 6.61 Å². The van der Waals surface area contributed by atoms with Crippen molar-refractivity contribution in [3.63, 3.8) is 0 Å². The molecule has 1 aromatic heterocycles. The molecule has 25 heavy (non-hydrogen) atoms. The number of ether oxygens (including phenoxy) is 2. The first-order valence-electron chi connectivity index (χ1n) is 7.75. The zero-order chi connectivity index (χ0) is 17.6. The summed E-state index contributed by atoms with van der Waals surface area (Å²) < 4.78 is 16.2. The largest absolute Gasteiger partial charge is 0.490 e. The predicted octanol–water partition coefficient (Wildman–Crippen LogP) is 2.67. The van der Waals surface area contributed by atoms with Crippen LogP contribution in [0.5, 0.6) is 11.5 Å². The van der Waals surface area contributed by atoms with Gasteiger partial charge in [-0.3, -0.25) is 4.79 Å². The van der Waals surface area contributed by atoms with Gasteiger partial charge >= 0.3 is 0 Å². The normalized spacial score (nSPS) is 10.4. The zero-order valence-electron chi connectivity index (χ0n) is 13.6. The highest BCUT2D eigenvalue weighted by molar-refractivity contribution is 5.75. The molecule has 0 spiro atoms. The summed E-state index contributed by atoms with van der Waals surface area (Å²) in [6.45, 7) is 2.07. The molecule has 0 saturated carbocycles. The highest BCUT2D eigenvalue weighted by Crippen LogP contribution is 2.32. The molecule has 2 N–H and O–H groups in total. The van der Waals surface area contributed by atoms with E-state index in [0.29, 0.717) is 35.4 Å². The van der Waals surface area contributed by atoms with E-state index in [1.54, 1.807) is 18.2 Å². The van der Waals surface area contributed by atoms with Crippen molar-refractivity contribution in [2.45, 2.75) is 6.92 Å². The number of hydrogen-bond donors (Lipinski definition) is 1. The van der Waals surface area contributed by atoms with Crippen molar-refractivity contribution in [1.82, 2.24) is 10.1 Å². The monoisotopic (exact) mass is 339 g/mol. The summed E-state index contributed by atoms with van der Waals surface area (Å²) >= 11 is 0. The fourth-order valence-electron chi connectivity index (χ4n) is 2.22. The summed E-state index contributed by atoms with van der Waals surface area (Å²) in [5.74, 6) is 1.21. The highest BCUT2D eigenvalue weighted by atomic mass is 16.5. The third kappa shape index (κ3) is 3.95. The second-order valence-corrected chi connectivity index (χ2v) is 5.14. The molecule has 0 fully saturated rings. The molecule has 3 aromatic rings. The van der Waals surface area contributed by atoms with Gasteiger partial charge in [0.1, 0.15) is 0 Å². The predicted molar refractivity (Wildman–Crippen MR) is 91.0 cm³/mol. The number of nitrogens with zero attached hydrogens (tertiary/aromatic N) is 2. The number of carbonyl (C=O) groups is 1. The van der Waals surface area contributed by atoms with Gasteiger partial charge in [-0.1, -0.05) is 23.4 Å². The van der Waals surface area contributed by atoms with Crippen LogP contribution in [0.15, 0.2) is 53.1 Å². The maximum atomic E-state index is 10.9. The Bertz CT molecular complexity index is 862. The molecule has 7 nitrogen and oxygen atoms in total. The Hall–Kier alpha value is -3.35. The molecule has 0 saturated heterocycles. The van der Waals surface area contributed by atoms with Crippen LogP contribution in [0, 0.1) is 0 Å². The lowest BCUT2D eigenvalue weighted by Crippen LogP contribution is -2.20. The third-order valence-electron chi connectivity index (χ3n) is 3.32. The van der Waals surface area contributed by atoms with E-state index < -0.39 is 5.91 Å². The Labute approximate surface area is 144 Å². The van der Waals surface area contributed by atoms with E-state index >= 15 is 0 Å². The van der Waals surface area contributed by atoms with E-state index in [4.69, 9.17) is 19.7 Å². The number of hydrogen-bond acceptors (Lipinski definition) is 6. The number of carbonyl (C=O) groups excluding carboxylic acids is 1. The molecule has 2 aromatic carbocycles. The number of primary amides is 1. The van der Waals surface area contributed by atoms with Gasteiger partial charge in [-0.25, -0.2) is 0 Å². The number of amides is 1. The van der Waals surface area contributed by atoms with Crippen molar-refractivity contribution in [2.24, 2.45) is 5.73 Å².